The molecule has 0 saturated heterocycles. The first kappa shape index (κ1) is 18.3. The van der Waals surface area contributed by atoms with Gasteiger partial charge < -0.3 is 10.7 Å². The Morgan fingerprint density at radius 2 is 1.54 bits per heavy atom. The molecule has 3 aromatic rings. The highest BCUT2D eigenvalue weighted by molar-refractivity contribution is 5.85. The van der Waals surface area contributed by atoms with Crippen molar-refractivity contribution < 1.29 is 26.3 Å². The molecule has 3 rings (SSSR count). The van der Waals surface area contributed by atoms with Crippen LogP contribution in [0.5, 0.6) is 0 Å². The van der Waals surface area contributed by atoms with Crippen LogP contribution < -0.4 is 5.73 Å². The maximum absolute atomic E-state index is 13.2. The maximum atomic E-state index is 13.2. The SMILES string of the molecule is N[C@@H](Cc1ccccc1)c1cc2c(C(F)(F)F)cc(C(F)(F)F)cc2[nH]1. The van der Waals surface area contributed by atoms with Gasteiger partial charge in [-0.3, -0.25) is 0 Å². The lowest BCUT2D eigenvalue weighted by Gasteiger charge is -2.12. The first-order valence-electron chi connectivity index (χ1n) is 7.66. The van der Waals surface area contributed by atoms with E-state index in [4.69, 9.17) is 5.73 Å². The average molecular weight is 372 g/mol. The van der Waals surface area contributed by atoms with Crippen molar-refractivity contribution in [1.82, 2.24) is 4.98 Å². The predicted octanol–water partition coefficient (Wildman–Crippen LogP) is 5.45. The molecule has 1 atom stereocenters. The van der Waals surface area contributed by atoms with Crippen molar-refractivity contribution in [3.63, 3.8) is 0 Å². The highest BCUT2D eigenvalue weighted by Crippen LogP contribution is 2.40. The summed E-state index contributed by atoms with van der Waals surface area (Å²) >= 11 is 0. The monoisotopic (exact) mass is 372 g/mol. The minimum absolute atomic E-state index is 0.128. The van der Waals surface area contributed by atoms with Crippen molar-refractivity contribution in [2.75, 3.05) is 0 Å². The van der Waals surface area contributed by atoms with E-state index in [0.717, 1.165) is 5.56 Å². The molecule has 0 saturated carbocycles. The molecule has 0 aliphatic carbocycles. The van der Waals surface area contributed by atoms with E-state index in [1.165, 1.54) is 6.07 Å². The molecule has 2 aromatic carbocycles. The molecular weight excluding hydrogens is 358 g/mol. The third-order valence-corrected chi connectivity index (χ3v) is 4.09. The molecule has 1 heterocycles. The zero-order chi connectivity index (χ0) is 19.1. The molecule has 0 unspecified atom stereocenters. The second kappa shape index (κ2) is 6.35. The minimum Gasteiger partial charge on any atom is -0.357 e. The average Bonchev–Trinajstić information content (AvgIpc) is 2.97. The van der Waals surface area contributed by atoms with Gasteiger partial charge >= 0.3 is 12.4 Å². The lowest BCUT2D eigenvalue weighted by molar-refractivity contribution is -0.142. The largest absolute Gasteiger partial charge is 0.417 e. The van der Waals surface area contributed by atoms with Crippen LogP contribution >= 0.6 is 0 Å². The Hall–Kier alpha value is -2.48. The van der Waals surface area contributed by atoms with Crippen molar-refractivity contribution in [2.24, 2.45) is 5.73 Å². The number of aromatic nitrogens is 1. The fourth-order valence-corrected chi connectivity index (χ4v) is 2.84. The summed E-state index contributed by atoms with van der Waals surface area (Å²) in [5.41, 5.74) is 4.21. The third-order valence-electron chi connectivity index (χ3n) is 4.09. The van der Waals surface area contributed by atoms with Crippen molar-refractivity contribution in [3.8, 4) is 0 Å². The van der Waals surface area contributed by atoms with Gasteiger partial charge in [-0.05, 0) is 30.2 Å². The van der Waals surface area contributed by atoms with E-state index in [2.05, 4.69) is 4.98 Å². The molecule has 0 bridgehead atoms. The molecule has 1 aromatic heterocycles. The highest BCUT2D eigenvalue weighted by atomic mass is 19.4. The topological polar surface area (TPSA) is 41.8 Å². The van der Waals surface area contributed by atoms with Crippen LogP contribution in [0.1, 0.15) is 28.4 Å². The molecule has 0 aliphatic rings. The van der Waals surface area contributed by atoms with Crippen LogP contribution in [-0.2, 0) is 18.8 Å². The van der Waals surface area contributed by atoms with E-state index >= 15 is 0 Å². The Bertz CT molecular complexity index is 909. The van der Waals surface area contributed by atoms with E-state index in [0.29, 0.717) is 12.5 Å². The Labute approximate surface area is 144 Å². The number of fused-ring (bicyclic) bond motifs is 1. The number of aromatic amines is 1. The molecule has 8 heteroatoms. The first-order valence-corrected chi connectivity index (χ1v) is 7.66. The quantitative estimate of drug-likeness (QED) is 0.590. The van der Waals surface area contributed by atoms with Crippen LogP contribution in [0.2, 0.25) is 0 Å². The molecule has 0 radical (unpaired) electrons. The van der Waals surface area contributed by atoms with Crippen molar-refractivity contribution in [2.45, 2.75) is 24.8 Å². The number of hydrogen-bond acceptors (Lipinski definition) is 1. The van der Waals surface area contributed by atoms with Gasteiger partial charge in [0.25, 0.3) is 0 Å². The molecule has 0 spiro atoms. The number of benzene rings is 2. The summed E-state index contributed by atoms with van der Waals surface area (Å²) < 4.78 is 78.5. The van der Waals surface area contributed by atoms with E-state index in [-0.39, 0.29) is 22.7 Å². The van der Waals surface area contributed by atoms with Crippen molar-refractivity contribution in [1.29, 1.82) is 0 Å². The summed E-state index contributed by atoms with van der Waals surface area (Å²) in [5, 5.41) is -0.330. The highest BCUT2D eigenvalue weighted by Gasteiger charge is 2.38. The summed E-state index contributed by atoms with van der Waals surface area (Å²) in [7, 11) is 0. The van der Waals surface area contributed by atoms with E-state index < -0.39 is 29.5 Å². The standard InChI is InChI=1S/C18H14F6N2/c19-17(20,21)11-7-13(18(22,23)24)12-9-16(26-15(12)8-11)14(25)6-10-4-2-1-3-5-10/h1-5,7-9,14,26H,6,25H2/t14-/m0/s1. The number of halogens is 6. The molecule has 0 fully saturated rings. The second-order valence-corrected chi connectivity index (χ2v) is 6.00. The molecule has 0 amide bonds. The van der Waals surface area contributed by atoms with Gasteiger partial charge in [0.2, 0.25) is 0 Å². The summed E-state index contributed by atoms with van der Waals surface area (Å²) in [6, 6.07) is 10.3. The Kier molecular flexibility index (Phi) is 4.47. The normalized spacial score (nSPS) is 14.0. The number of alkyl halides is 6. The summed E-state index contributed by atoms with van der Waals surface area (Å²) in [4.78, 5) is 2.62. The third kappa shape index (κ3) is 3.70. The van der Waals surface area contributed by atoms with E-state index in [9.17, 15) is 26.3 Å². The fraction of sp³-hybridized carbons (Fsp3) is 0.222. The number of H-pyrrole nitrogens is 1. The van der Waals surface area contributed by atoms with Crippen LogP contribution in [0.15, 0.2) is 48.5 Å². The van der Waals surface area contributed by atoms with Gasteiger partial charge in [-0.1, -0.05) is 30.3 Å². The number of nitrogens with one attached hydrogen (secondary N) is 1. The van der Waals surface area contributed by atoms with Crippen LogP contribution in [0.25, 0.3) is 10.9 Å². The fourth-order valence-electron chi connectivity index (χ4n) is 2.84. The Balaban J connectivity index is 2.07. The molecular formula is C18H14F6N2. The van der Waals surface area contributed by atoms with E-state index in [1.807, 2.05) is 18.2 Å². The predicted molar refractivity (Wildman–Crippen MR) is 85.4 cm³/mol. The summed E-state index contributed by atoms with van der Waals surface area (Å²) in [5.74, 6) is 0. The second-order valence-electron chi connectivity index (χ2n) is 6.00. The van der Waals surface area contributed by atoms with Gasteiger partial charge in [-0.2, -0.15) is 26.3 Å². The van der Waals surface area contributed by atoms with Crippen LogP contribution in [0.3, 0.4) is 0 Å². The Morgan fingerprint density at radius 3 is 2.12 bits per heavy atom. The van der Waals surface area contributed by atoms with Gasteiger partial charge in [0.1, 0.15) is 0 Å². The maximum Gasteiger partial charge on any atom is 0.417 e. The molecule has 0 aliphatic heterocycles. The lowest BCUT2D eigenvalue weighted by Crippen LogP contribution is -2.13. The van der Waals surface area contributed by atoms with Gasteiger partial charge in [0.15, 0.2) is 0 Å². The molecule has 138 valence electrons. The molecule has 26 heavy (non-hydrogen) atoms. The van der Waals surface area contributed by atoms with Crippen molar-refractivity contribution >= 4 is 10.9 Å². The van der Waals surface area contributed by atoms with Gasteiger partial charge in [0.05, 0.1) is 11.1 Å². The zero-order valence-corrected chi connectivity index (χ0v) is 13.2. The minimum atomic E-state index is -4.91. The molecule has 2 nitrogen and oxygen atoms in total. The van der Waals surface area contributed by atoms with Gasteiger partial charge in [0, 0.05) is 22.6 Å². The number of nitrogens with two attached hydrogens (primary N) is 1. The number of hydrogen-bond donors (Lipinski definition) is 2. The van der Waals surface area contributed by atoms with Crippen LogP contribution in [-0.4, -0.2) is 4.98 Å². The smallest absolute Gasteiger partial charge is 0.357 e. The summed E-state index contributed by atoms with van der Waals surface area (Å²) in [6.07, 6.45) is -9.46. The van der Waals surface area contributed by atoms with Crippen LogP contribution in [0, 0.1) is 0 Å². The summed E-state index contributed by atoms with van der Waals surface area (Å²) in [6.45, 7) is 0. The number of rotatable bonds is 3. The zero-order valence-electron chi connectivity index (χ0n) is 13.2. The van der Waals surface area contributed by atoms with Gasteiger partial charge in [-0.15, -0.1) is 0 Å². The van der Waals surface area contributed by atoms with Crippen molar-refractivity contribution in [3.05, 3.63) is 70.9 Å². The lowest BCUT2D eigenvalue weighted by atomic mass is 10.0. The van der Waals surface area contributed by atoms with Crippen LogP contribution in [0.4, 0.5) is 26.3 Å². The van der Waals surface area contributed by atoms with E-state index in [1.54, 1.807) is 12.1 Å². The Morgan fingerprint density at radius 1 is 0.885 bits per heavy atom. The first-order chi connectivity index (χ1) is 12.1. The molecule has 3 N–H and O–H groups in total. The van der Waals surface area contributed by atoms with Gasteiger partial charge in [-0.25, -0.2) is 0 Å².